The topological polar surface area (TPSA) is 24.5 Å². The molecule has 0 aliphatic carbocycles. The van der Waals surface area contributed by atoms with E-state index in [0.717, 1.165) is 26.0 Å². The summed E-state index contributed by atoms with van der Waals surface area (Å²) in [6.45, 7) is 5.46. The number of morpholine rings is 1. The largest absolute Gasteiger partial charge is 0.374 e. The van der Waals surface area contributed by atoms with E-state index in [1.54, 1.807) is 0 Å². The zero-order chi connectivity index (χ0) is 14.7. The van der Waals surface area contributed by atoms with E-state index >= 15 is 0 Å². The maximum Gasteiger partial charge on any atom is 0.0858 e. The van der Waals surface area contributed by atoms with Gasteiger partial charge in [0.2, 0.25) is 0 Å². The van der Waals surface area contributed by atoms with Crippen molar-refractivity contribution in [2.24, 2.45) is 0 Å². The Labute approximate surface area is 128 Å². The van der Waals surface area contributed by atoms with Crippen LogP contribution in [0.15, 0.2) is 24.3 Å². The number of ether oxygens (including phenoxy) is 1. The molecule has 2 aliphatic heterocycles. The second kappa shape index (κ2) is 6.91. The van der Waals surface area contributed by atoms with Crippen LogP contribution >= 0.6 is 0 Å². The summed E-state index contributed by atoms with van der Waals surface area (Å²) in [4.78, 5) is 2.62. The van der Waals surface area contributed by atoms with Gasteiger partial charge >= 0.3 is 0 Å². The van der Waals surface area contributed by atoms with Crippen LogP contribution in [0.25, 0.3) is 0 Å². The highest BCUT2D eigenvalue weighted by molar-refractivity contribution is 5.23. The Morgan fingerprint density at radius 3 is 2.76 bits per heavy atom. The first-order valence-electron chi connectivity index (χ1n) is 8.41. The molecule has 3 rings (SSSR count). The fourth-order valence-electron chi connectivity index (χ4n) is 3.67. The summed E-state index contributed by atoms with van der Waals surface area (Å²) < 4.78 is 6.16. The zero-order valence-electron chi connectivity index (χ0n) is 13.3. The average molecular weight is 288 g/mol. The Hall–Kier alpha value is -0.900. The summed E-state index contributed by atoms with van der Waals surface area (Å²) in [6, 6.07) is 10.1. The highest BCUT2D eigenvalue weighted by Gasteiger charge is 2.35. The molecule has 2 saturated heterocycles. The molecule has 21 heavy (non-hydrogen) atoms. The number of fused-ring (bicyclic) bond motifs is 1. The standard InChI is InChI=1S/C18H28N2O/c1-3-14-6-8-15(9-7-14)11-17(19-2)18-12-20-10-4-5-16(20)13-21-18/h6-9,16-19H,3-5,10-13H2,1-2H3. The molecule has 1 aromatic rings. The van der Waals surface area contributed by atoms with Crippen molar-refractivity contribution in [1.29, 1.82) is 0 Å². The molecular weight excluding hydrogens is 260 g/mol. The predicted octanol–water partition coefficient (Wildman–Crippen LogP) is 2.24. The van der Waals surface area contributed by atoms with Crippen LogP contribution in [0.3, 0.4) is 0 Å². The molecule has 2 aliphatic rings. The van der Waals surface area contributed by atoms with Crippen LogP contribution < -0.4 is 5.32 Å². The summed E-state index contributed by atoms with van der Waals surface area (Å²) in [5, 5.41) is 3.48. The number of benzene rings is 1. The van der Waals surface area contributed by atoms with Crippen molar-refractivity contribution in [2.45, 2.75) is 50.8 Å². The van der Waals surface area contributed by atoms with Gasteiger partial charge in [0.25, 0.3) is 0 Å². The Balaban J connectivity index is 1.61. The third kappa shape index (κ3) is 3.47. The molecular formula is C18H28N2O. The van der Waals surface area contributed by atoms with Crippen LogP contribution in [0.2, 0.25) is 0 Å². The molecule has 0 bridgehead atoms. The number of nitrogens with one attached hydrogen (secondary N) is 1. The van der Waals surface area contributed by atoms with Crippen molar-refractivity contribution in [3.63, 3.8) is 0 Å². The molecule has 2 fully saturated rings. The van der Waals surface area contributed by atoms with E-state index in [4.69, 9.17) is 4.74 Å². The van der Waals surface area contributed by atoms with Gasteiger partial charge in [-0.05, 0) is 50.4 Å². The molecule has 0 radical (unpaired) electrons. The van der Waals surface area contributed by atoms with Gasteiger partial charge in [0.05, 0.1) is 12.7 Å². The van der Waals surface area contributed by atoms with E-state index in [1.165, 1.54) is 30.5 Å². The summed E-state index contributed by atoms with van der Waals surface area (Å²) >= 11 is 0. The third-order valence-electron chi connectivity index (χ3n) is 5.12. The Bertz CT molecular complexity index is 445. The second-order valence-corrected chi connectivity index (χ2v) is 6.43. The molecule has 1 aromatic carbocycles. The first-order valence-corrected chi connectivity index (χ1v) is 8.41. The fraction of sp³-hybridized carbons (Fsp3) is 0.667. The smallest absolute Gasteiger partial charge is 0.0858 e. The molecule has 3 nitrogen and oxygen atoms in total. The molecule has 0 aromatic heterocycles. The van der Waals surface area contributed by atoms with E-state index in [-0.39, 0.29) is 0 Å². The van der Waals surface area contributed by atoms with Crippen LogP contribution in [0.4, 0.5) is 0 Å². The summed E-state index contributed by atoms with van der Waals surface area (Å²) in [5.74, 6) is 0. The number of hydrogen-bond acceptors (Lipinski definition) is 3. The molecule has 2 heterocycles. The maximum absolute atomic E-state index is 6.16. The molecule has 0 amide bonds. The lowest BCUT2D eigenvalue weighted by Gasteiger charge is -2.39. The van der Waals surface area contributed by atoms with Gasteiger partial charge in [-0.25, -0.2) is 0 Å². The van der Waals surface area contributed by atoms with Crippen molar-refractivity contribution in [2.75, 3.05) is 26.7 Å². The predicted molar refractivity (Wildman–Crippen MR) is 86.7 cm³/mol. The monoisotopic (exact) mass is 288 g/mol. The normalized spacial score (nSPS) is 27.5. The van der Waals surface area contributed by atoms with Gasteiger partial charge in [-0.3, -0.25) is 4.90 Å². The van der Waals surface area contributed by atoms with E-state index in [0.29, 0.717) is 18.2 Å². The van der Waals surface area contributed by atoms with Crippen LogP contribution in [-0.4, -0.2) is 49.8 Å². The lowest BCUT2D eigenvalue weighted by atomic mass is 9.98. The highest BCUT2D eigenvalue weighted by Crippen LogP contribution is 2.24. The Morgan fingerprint density at radius 1 is 1.29 bits per heavy atom. The van der Waals surface area contributed by atoms with E-state index in [2.05, 4.69) is 48.5 Å². The summed E-state index contributed by atoms with van der Waals surface area (Å²) in [7, 11) is 2.06. The van der Waals surface area contributed by atoms with Crippen molar-refractivity contribution < 1.29 is 4.74 Å². The summed E-state index contributed by atoms with van der Waals surface area (Å²) in [5.41, 5.74) is 2.81. The highest BCUT2D eigenvalue weighted by atomic mass is 16.5. The Morgan fingerprint density at radius 2 is 2.05 bits per heavy atom. The van der Waals surface area contributed by atoms with E-state index in [1.807, 2.05) is 0 Å². The second-order valence-electron chi connectivity index (χ2n) is 6.43. The zero-order valence-corrected chi connectivity index (χ0v) is 13.3. The molecule has 116 valence electrons. The SMILES string of the molecule is CCc1ccc(CC(NC)C2CN3CCCC3CO2)cc1. The van der Waals surface area contributed by atoms with E-state index in [9.17, 15) is 0 Å². The minimum Gasteiger partial charge on any atom is -0.374 e. The van der Waals surface area contributed by atoms with Crippen LogP contribution in [0.5, 0.6) is 0 Å². The molecule has 3 atom stereocenters. The van der Waals surface area contributed by atoms with Crippen molar-refractivity contribution >= 4 is 0 Å². The maximum atomic E-state index is 6.16. The number of hydrogen-bond donors (Lipinski definition) is 1. The first-order chi connectivity index (χ1) is 10.3. The molecule has 3 heteroatoms. The van der Waals surface area contributed by atoms with Gasteiger partial charge in [0, 0.05) is 18.6 Å². The number of nitrogens with zero attached hydrogens (tertiary/aromatic N) is 1. The minimum absolute atomic E-state index is 0.315. The van der Waals surface area contributed by atoms with Gasteiger partial charge in [0.15, 0.2) is 0 Å². The van der Waals surface area contributed by atoms with Gasteiger partial charge in [-0.15, -0.1) is 0 Å². The molecule has 0 saturated carbocycles. The van der Waals surface area contributed by atoms with Gasteiger partial charge in [-0.2, -0.15) is 0 Å². The number of aryl methyl sites for hydroxylation is 1. The Kier molecular flexibility index (Phi) is 4.94. The van der Waals surface area contributed by atoms with Crippen molar-refractivity contribution in [3.8, 4) is 0 Å². The van der Waals surface area contributed by atoms with Crippen LogP contribution in [0, 0.1) is 0 Å². The fourth-order valence-corrected chi connectivity index (χ4v) is 3.67. The van der Waals surface area contributed by atoms with Gasteiger partial charge in [-0.1, -0.05) is 31.2 Å². The number of rotatable bonds is 5. The first kappa shape index (κ1) is 15.0. The van der Waals surface area contributed by atoms with Gasteiger partial charge in [0.1, 0.15) is 0 Å². The molecule has 1 N–H and O–H groups in total. The van der Waals surface area contributed by atoms with Gasteiger partial charge < -0.3 is 10.1 Å². The quantitative estimate of drug-likeness (QED) is 0.899. The summed E-state index contributed by atoms with van der Waals surface area (Å²) in [6.07, 6.45) is 5.12. The van der Waals surface area contributed by atoms with Crippen LogP contribution in [0.1, 0.15) is 30.9 Å². The van der Waals surface area contributed by atoms with E-state index < -0.39 is 0 Å². The number of likely N-dealkylation sites (N-methyl/N-ethyl adjacent to an activating group) is 1. The van der Waals surface area contributed by atoms with Crippen LogP contribution in [-0.2, 0) is 17.6 Å². The lowest BCUT2D eigenvalue weighted by molar-refractivity contribution is -0.0634. The third-order valence-corrected chi connectivity index (χ3v) is 5.12. The molecule has 3 unspecified atom stereocenters. The minimum atomic E-state index is 0.315. The lowest BCUT2D eigenvalue weighted by Crippen LogP contribution is -2.54. The molecule has 0 spiro atoms. The van der Waals surface area contributed by atoms with Crippen molar-refractivity contribution in [3.05, 3.63) is 35.4 Å². The average Bonchev–Trinajstić information content (AvgIpc) is 3.00. The van der Waals surface area contributed by atoms with Crippen molar-refractivity contribution in [1.82, 2.24) is 10.2 Å².